The zero-order valence-corrected chi connectivity index (χ0v) is 10.6. The van der Waals surface area contributed by atoms with E-state index in [4.69, 9.17) is 20.0 Å². The molecule has 1 unspecified atom stereocenters. The number of hydroxylamine groups is 2. The van der Waals surface area contributed by atoms with Crippen LogP contribution in [-0.4, -0.2) is 42.8 Å². The van der Waals surface area contributed by atoms with Crippen molar-refractivity contribution in [1.29, 1.82) is 0 Å². The van der Waals surface area contributed by atoms with Crippen molar-refractivity contribution < 1.29 is 19.4 Å². The Bertz CT molecular complexity index is 425. The van der Waals surface area contributed by atoms with Crippen molar-refractivity contribution in [3.63, 3.8) is 0 Å². The summed E-state index contributed by atoms with van der Waals surface area (Å²) in [5, 5.41) is 11.0. The number of rotatable bonds is 7. The first kappa shape index (κ1) is 13.7. The minimum atomic E-state index is -0.682. The molecule has 1 aliphatic rings. The van der Waals surface area contributed by atoms with Crippen LogP contribution in [0.15, 0.2) is 36.5 Å². The zero-order valence-electron chi connectivity index (χ0n) is 10.6. The van der Waals surface area contributed by atoms with Crippen LogP contribution >= 0.6 is 0 Å². The molecule has 0 fully saturated rings. The maximum absolute atomic E-state index is 9.38. The van der Waals surface area contributed by atoms with E-state index in [1.54, 1.807) is 17.2 Å². The lowest BCUT2D eigenvalue weighted by atomic mass is 10.3. The van der Waals surface area contributed by atoms with Crippen LogP contribution in [0.3, 0.4) is 0 Å². The van der Waals surface area contributed by atoms with Gasteiger partial charge in [0.2, 0.25) is 0 Å². The van der Waals surface area contributed by atoms with Crippen molar-refractivity contribution in [2.45, 2.75) is 6.10 Å². The molecular formula is C13H18N2O4. The van der Waals surface area contributed by atoms with Gasteiger partial charge in [0.1, 0.15) is 12.7 Å². The number of hydrogen-bond donors (Lipinski definition) is 2. The second-order valence-electron chi connectivity index (χ2n) is 4.02. The van der Waals surface area contributed by atoms with Gasteiger partial charge < -0.3 is 20.3 Å². The molecule has 6 heteroatoms. The summed E-state index contributed by atoms with van der Waals surface area (Å²) in [5.74, 6) is 1.16. The minimum absolute atomic E-state index is 0.136. The van der Waals surface area contributed by atoms with E-state index >= 15 is 0 Å². The highest BCUT2D eigenvalue weighted by atomic mass is 16.7. The summed E-state index contributed by atoms with van der Waals surface area (Å²) < 4.78 is 11.1. The Morgan fingerprint density at radius 3 is 2.68 bits per heavy atom. The average Bonchev–Trinajstić information content (AvgIpc) is 2.96. The first-order valence-electron chi connectivity index (χ1n) is 6.08. The normalized spacial score (nSPS) is 15.6. The van der Waals surface area contributed by atoms with E-state index in [1.807, 2.05) is 24.4 Å². The Labute approximate surface area is 111 Å². The fourth-order valence-corrected chi connectivity index (χ4v) is 1.50. The van der Waals surface area contributed by atoms with Gasteiger partial charge in [0.25, 0.3) is 0 Å². The molecule has 0 aromatic heterocycles. The van der Waals surface area contributed by atoms with E-state index in [9.17, 15) is 5.11 Å². The van der Waals surface area contributed by atoms with Crippen LogP contribution in [0.5, 0.6) is 11.5 Å². The topological polar surface area (TPSA) is 77.2 Å². The Balaban J connectivity index is 1.89. The van der Waals surface area contributed by atoms with Crippen molar-refractivity contribution in [2.24, 2.45) is 5.73 Å². The van der Waals surface area contributed by atoms with E-state index < -0.39 is 6.10 Å². The van der Waals surface area contributed by atoms with E-state index in [-0.39, 0.29) is 19.9 Å². The Kier molecular flexibility index (Phi) is 5.02. The van der Waals surface area contributed by atoms with E-state index in [0.717, 1.165) is 0 Å². The number of nitrogens with two attached hydrogens (primary N) is 1. The highest BCUT2D eigenvalue weighted by Gasteiger charge is 2.10. The van der Waals surface area contributed by atoms with Crippen molar-refractivity contribution in [3.8, 4) is 11.5 Å². The molecule has 2 rings (SSSR count). The van der Waals surface area contributed by atoms with Crippen LogP contribution in [0.25, 0.3) is 0 Å². The number of para-hydroxylation sites is 2. The molecule has 0 spiro atoms. The predicted octanol–water partition coefficient (Wildman–Crippen LogP) is 0.482. The largest absolute Gasteiger partial charge is 0.487 e. The molecule has 104 valence electrons. The molecule has 19 heavy (non-hydrogen) atoms. The lowest BCUT2D eigenvalue weighted by molar-refractivity contribution is -0.128. The molecule has 1 heterocycles. The van der Waals surface area contributed by atoms with Crippen LogP contribution in [0.2, 0.25) is 0 Å². The number of ether oxygens (including phenoxy) is 2. The molecule has 6 nitrogen and oxygen atoms in total. The molecule has 0 saturated carbocycles. The third kappa shape index (κ3) is 4.13. The molecule has 0 amide bonds. The molecule has 1 aromatic rings. The number of hydrogen-bond acceptors (Lipinski definition) is 6. The summed E-state index contributed by atoms with van der Waals surface area (Å²) in [6.45, 7) is 1.13. The summed E-state index contributed by atoms with van der Waals surface area (Å²) in [4.78, 5) is 5.23. The van der Waals surface area contributed by atoms with Crippen molar-refractivity contribution >= 4 is 0 Å². The molecule has 0 aliphatic carbocycles. The third-order valence-electron chi connectivity index (χ3n) is 2.51. The van der Waals surface area contributed by atoms with Gasteiger partial charge in [-0.25, -0.2) is 5.06 Å². The monoisotopic (exact) mass is 266 g/mol. The van der Waals surface area contributed by atoms with Gasteiger partial charge in [-0.2, -0.15) is 0 Å². The molecular weight excluding hydrogens is 248 g/mol. The van der Waals surface area contributed by atoms with Gasteiger partial charge in [0.15, 0.2) is 18.2 Å². The summed E-state index contributed by atoms with van der Waals surface area (Å²) in [6, 6.07) is 7.26. The number of aliphatic hydroxyl groups is 1. The minimum Gasteiger partial charge on any atom is -0.487 e. The van der Waals surface area contributed by atoms with Crippen LogP contribution in [0.1, 0.15) is 0 Å². The Hall–Kier alpha value is -1.76. The summed E-state index contributed by atoms with van der Waals surface area (Å²) >= 11 is 0. The van der Waals surface area contributed by atoms with Crippen LogP contribution in [-0.2, 0) is 4.84 Å². The van der Waals surface area contributed by atoms with Gasteiger partial charge in [-0.3, -0.25) is 4.84 Å². The van der Waals surface area contributed by atoms with Gasteiger partial charge >= 0.3 is 0 Å². The zero-order chi connectivity index (χ0) is 13.5. The fraction of sp³-hybridized carbons (Fsp3) is 0.385. The fourth-order valence-electron chi connectivity index (χ4n) is 1.50. The molecule has 3 N–H and O–H groups in total. The molecule has 1 aliphatic heterocycles. The standard InChI is InChI=1S/C13H18N2O4/c14-8-11(16)9-17-12-4-1-2-5-13(12)18-10-15-6-3-7-19-15/h1-6,11,16H,7-10,14H2. The maximum Gasteiger partial charge on any atom is 0.184 e. The van der Waals surface area contributed by atoms with Gasteiger partial charge in [0, 0.05) is 12.7 Å². The quantitative estimate of drug-likeness (QED) is 0.747. The predicted molar refractivity (Wildman–Crippen MR) is 69.4 cm³/mol. The molecule has 1 atom stereocenters. The first-order valence-corrected chi connectivity index (χ1v) is 6.08. The van der Waals surface area contributed by atoms with E-state index in [0.29, 0.717) is 18.1 Å². The van der Waals surface area contributed by atoms with Crippen molar-refractivity contribution in [3.05, 3.63) is 36.5 Å². The number of aliphatic hydroxyl groups excluding tert-OH is 1. The van der Waals surface area contributed by atoms with Crippen molar-refractivity contribution in [2.75, 3.05) is 26.5 Å². The summed E-state index contributed by atoms with van der Waals surface area (Å²) in [7, 11) is 0. The Morgan fingerprint density at radius 2 is 2.05 bits per heavy atom. The SMILES string of the molecule is NCC(O)COc1ccccc1OCN1C=CCO1. The molecule has 0 bridgehead atoms. The van der Waals surface area contributed by atoms with Crippen LogP contribution in [0.4, 0.5) is 0 Å². The summed E-state index contributed by atoms with van der Waals surface area (Å²) in [5.41, 5.74) is 5.32. The van der Waals surface area contributed by atoms with Crippen LogP contribution < -0.4 is 15.2 Å². The lowest BCUT2D eigenvalue weighted by Gasteiger charge is -2.18. The summed E-state index contributed by atoms with van der Waals surface area (Å²) in [6.07, 6.45) is 3.02. The third-order valence-corrected chi connectivity index (χ3v) is 2.51. The molecule has 0 radical (unpaired) electrons. The molecule has 0 saturated heterocycles. The smallest absolute Gasteiger partial charge is 0.184 e. The Morgan fingerprint density at radius 1 is 1.32 bits per heavy atom. The highest BCUT2D eigenvalue weighted by molar-refractivity contribution is 5.39. The van der Waals surface area contributed by atoms with Gasteiger partial charge in [-0.15, -0.1) is 0 Å². The van der Waals surface area contributed by atoms with Gasteiger partial charge in [-0.1, -0.05) is 12.1 Å². The van der Waals surface area contributed by atoms with Crippen LogP contribution in [0, 0.1) is 0 Å². The highest BCUT2D eigenvalue weighted by Crippen LogP contribution is 2.26. The van der Waals surface area contributed by atoms with E-state index in [2.05, 4.69) is 0 Å². The van der Waals surface area contributed by atoms with Gasteiger partial charge in [-0.05, 0) is 18.2 Å². The maximum atomic E-state index is 9.38. The lowest BCUT2D eigenvalue weighted by Crippen LogP contribution is -2.26. The second-order valence-corrected chi connectivity index (χ2v) is 4.02. The van der Waals surface area contributed by atoms with Gasteiger partial charge in [0.05, 0.1) is 6.61 Å². The second kappa shape index (κ2) is 6.98. The number of nitrogens with zero attached hydrogens (tertiary/aromatic N) is 1. The molecule has 1 aromatic carbocycles. The number of benzene rings is 1. The van der Waals surface area contributed by atoms with E-state index in [1.165, 1.54) is 0 Å². The first-order chi connectivity index (χ1) is 9.29. The average molecular weight is 266 g/mol. The van der Waals surface area contributed by atoms with Crippen molar-refractivity contribution in [1.82, 2.24) is 5.06 Å².